The van der Waals surface area contributed by atoms with E-state index in [2.05, 4.69) is 33.1 Å². The summed E-state index contributed by atoms with van der Waals surface area (Å²) in [6, 6.07) is 10.4. The molecule has 25 heavy (non-hydrogen) atoms. The Morgan fingerprint density at radius 3 is 2.96 bits per heavy atom. The lowest BCUT2D eigenvalue weighted by molar-refractivity contribution is 0.175. The molecule has 0 aliphatic carbocycles. The van der Waals surface area contributed by atoms with E-state index in [-0.39, 0.29) is 0 Å². The van der Waals surface area contributed by atoms with Gasteiger partial charge in [-0.2, -0.15) is 0 Å². The Morgan fingerprint density at radius 1 is 1.24 bits per heavy atom. The quantitative estimate of drug-likeness (QED) is 0.772. The van der Waals surface area contributed by atoms with E-state index in [1.165, 1.54) is 18.4 Å². The topological polar surface area (TPSA) is 47.5 Å². The van der Waals surface area contributed by atoms with E-state index in [4.69, 9.17) is 9.47 Å². The molecule has 5 nitrogen and oxygen atoms in total. The maximum absolute atomic E-state index is 5.77. The number of hydrogen-bond donors (Lipinski definition) is 0. The molecule has 0 N–H and O–H groups in total. The van der Waals surface area contributed by atoms with E-state index < -0.39 is 0 Å². The fourth-order valence-corrected chi connectivity index (χ4v) is 3.45. The van der Waals surface area contributed by atoms with Crippen LogP contribution in [-0.2, 0) is 17.9 Å². The summed E-state index contributed by atoms with van der Waals surface area (Å²) < 4.78 is 10.9. The molecule has 2 aromatic rings. The molecule has 1 saturated heterocycles. The number of hydrogen-bond acceptors (Lipinski definition) is 5. The van der Waals surface area contributed by atoms with Crippen LogP contribution < -0.4 is 4.74 Å². The summed E-state index contributed by atoms with van der Waals surface area (Å²) in [4.78, 5) is 11.5. The third-order valence-electron chi connectivity index (χ3n) is 4.59. The van der Waals surface area contributed by atoms with Crippen LogP contribution in [0.2, 0.25) is 0 Å². The minimum Gasteiger partial charge on any atom is -0.494 e. The molecule has 0 spiro atoms. The van der Waals surface area contributed by atoms with Crippen LogP contribution in [0.25, 0.3) is 0 Å². The van der Waals surface area contributed by atoms with Gasteiger partial charge >= 0.3 is 0 Å². The molecule has 0 amide bonds. The molecule has 1 aliphatic heterocycles. The number of methoxy groups -OCH3 is 1. The summed E-state index contributed by atoms with van der Waals surface area (Å²) in [6.45, 7) is 6.24. The van der Waals surface area contributed by atoms with Crippen molar-refractivity contribution in [1.29, 1.82) is 0 Å². The first kappa shape index (κ1) is 17.8. The van der Waals surface area contributed by atoms with Crippen LogP contribution in [0.3, 0.4) is 0 Å². The van der Waals surface area contributed by atoms with Crippen LogP contribution in [-0.4, -0.2) is 41.7 Å². The van der Waals surface area contributed by atoms with Gasteiger partial charge in [0.2, 0.25) is 0 Å². The molecule has 1 unspecified atom stereocenters. The standard InChI is InChI=1S/C20H27N3O2/c1-3-25-19-9-5-4-7-17(19)14-23-12-6-8-16(13-23)18-10-11-21-20(22-18)15-24-2/h4-5,7,9-11,16H,3,6,8,12-15H2,1-2H3. The molecule has 1 aromatic carbocycles. The Kier molecular flexibility index (Phi) is 6.36. The van der Waals surface area contributed by atoms with Gasteiger partial charge in [-0.05, 0) is 38.4 Å². The van der Waals surface area contributed by atoms with Gasteiger partial charge in [0.05, 0.1) is 6.61 Å². The molecule has 1 aromatic heterocycles. The molecule has 134 valence electrons. The Balaban J connectivity index is 1.68. The monoisotopic (exact) mass is 341 g/mol. The lowest BCUT2D eigenvalue weighted by Gasteiger charge is -2.32. The maximum Gasteiger partial charge on any atom is 0.154 e. The molecular weight excluding hydrogens is 314 g/mol. The lowest BCUT2D eigenvalue weighted by atomic mass is 9.94. The predicted octanol–water partition coefficient (Wildman–Crippen LogP) is 3.40. The molecule has 0 radical (unpaired) electrons. The van der Waals surface area contributed by atoms with Crippen molar-refractivity contribution < 1.29 is 9.47 Å². The Morgan fingerprint density at radius 2 is 2.12 bits per heavy atom. The summed E-state index contributed by atoms with van der Waals surface area (Å²) in [5, 5.41) is 0. The third kappa shape index (κ3) is 4.77. The molecule has 5 heteroatoms. The number of aromatic nitrogens is 2. The van der Waals surface area contributed by atoms with Crippen molar-refractivity contribution in [3.05, 3.63) is 53.6 Å². The minimum absolute atomic E-state index is 0.451. The zero-order chi connectivity index (χ0) is 17.5. The van der Waals surface area contributed by atoms with Crippen LogP contribution in [0.5, 0.6) is 5.75 Å². The van der Waals surface area contributed by atoms with Crippen molar-refractivity contribution in [3.63, 3.8) is 0 Å². The van der Waals surface area contributed by atoms with Gasteiger partial charge in [-0.15, -0.1) is 0 Å². The normalized spacial score (nSPS) is 18.2. The average molecular weight is 341 g/mol. The van der Waals surface area contributed by atoms with E-state index in [0.717, 1.165) is 36.9 Å². The molecule has 1 aliphatic rings. The second-order valence-electron chi connectivity index (χ2n) is 6.45. The predicted molar refractivity (Wildman–Crippen MR) is 97.6 cm³/mol. The number of ether oxygens (including phenoxy) is 2. The molecule has 0 saturated carbocycles. The van der Waals surface area contributed by atoms with Gasteiger partial charge in [0.1, 0.15) is 12.4 Å². The summed E-state index contributed by atoms with van der Waals surface area (Å²) in [7, 11) is 1.67. The highest BCUT2D eigenvalue weighted by atomic mass is 16.5. The number of benzene rings is 1. The van der Waals surface area contributed by atoms with Gasteiger partial charge < -0.3 is 9.47 Å². The van der Waals surface area contributed by atoms with Gasteiger partial charge in [-0.25, -0.2) is 9.97 Å². The Hall–Kier alpha value is -1.98. The van der Waals surface area contributed by atoms with Crippen LogP contribution in [0.1, 0.15) is 42.8 Å². The van der Waals surface area contributed by atoms with Crippen LogP contribution >= 0.6 is 0 Å². The van der Waals surface area contributed by atoms with Crippen molar-refractivity contribution in [1.82, 2.24) is 14.9 Å². The SMILES string of the molecule is CCOc1ccccc1CN1CCCC(c2ccnc(COC)n2)C1. The third-order valence-corrected chi connectivity index (χ3v) is 4.59. The van der Waals surface area contributed by atoms with Gasteiger partial charge in [0.15, 0.2) is 5.82 Å². The van der Waals surface area contributed by atoms with Crippen molar-refractivity contribution >= 4 is 0 Å². The number of piperidine rings is 1. The molecular formula is C20H27N3O2. The fraction of sp³-hybridized carbons (Fsp3) is 0.500. The zero-order valence-corrected chi connectivity index (χ0v) is 15.1. The first-order valence-electron chi connectivity index (χ1n) is 9.04. The van der Waals surface area contributed by atoms with Crippen molar-refractivity contribution in [2.24, 2.45) is 0 Å². The van der Waals surface area contributed by atoms with Crippen LogP contribution in [0.15, 0.2) is 36.5 Å². The number of nitrogens with zero attached hydrogens (tertiary/aromatic N) is 3. The first-order chi connectivity index (χ1) is 12.3. The summed E-state index contributed by atoms with van der Waals surface area (Å²) in [5.41, 5.74) is 2.39. The molecule has 0 bridgehead atoms. The van der Waals surface area contributed by atoms with E-state index in [1.807, 2.05) is 25.3 Å². The average Bonchev–Trinajstić information content (AvgIpc) is 2.64. The van der Waals surface area contributed by atoms with E-state index in [0.29, 0.717) is 19.1 Å². The molecule has 2 heterocycles. The van der Waals surface area contributed by atoms with E-state index >= 15 is 0 Å². The summed E-state index contributed by atoms with van der Waals surface area (Å²) in [5.74, 6) is 2.21. The van der Waals surface area contributed by atoms with Gasteiger partial charge in [-0.3, -0.25) is 4.90 Å². The number of likely N-dealkylation sites (tertiary alicyclic amines) is 1. The molecule has 3 rings (SSSR count). The molecule has 1 atom stereocenters. The van der Waals surface area contributed by atoms with Crippen molar-refractivity contribution in [3.8, 4) is 5.75 Å². The largest absolute Gasteiger partial charge is 0.494 e. The van der Waals surface area contributed by atoms with Gasteiger partial charge in [-0.1, -0.05) is 18.2 Å². The van der Waals surface area contributed by atoms with Crippen molar-refractivity contribution in [2.75, 3.05) is 26.8 Å². The Bertz CT molecular complexity index is 677. The zero-order valence-electron chi connectivity index (χ0n) is 15.1. The van der Waals surface area contributed by atoms with E-state index in [9.17, 15) is 0 Å². The summed E-state index contributed by atoms with van der Waals surface area (Å²) >= 11 is 0. The fourth-order valence-electron chi connectivity index (χ4n) is 3.45. The van der Waals surface area contributed by atoms with E-state index in [1.54, 1.807) is 7.11 Å². The highest BCUT2D eigenvalue weighted by molar-refractivity contribution is 5.33. The number of rotatable bonds is 7. The highest BCUT2D eigenvalue weighted by Crippen LogP contribution is 2.28. The van der Waals surface area contributed by atoms with Crippen LogP contribution in [0.4, 0.5) is 0 Å². The second-order valence-corrected chi connectivity index (χ2v) is 6.45. The minimum atomic E-state index is 0.451. The summed E-state index contributed by atoms with van der Waals surface area (Å²) in [6.07, 6.45) is 4.21. The van der Waals surface area contributed by atoms with Gasteiger partial charge in [0, 0.05) is 43.6 Å². The first-order valence-corrected chi connectivity index (χ1v) is 9.04. The van der Waals surface area contributed by atoms with Crippen molar-refractivity contribution in [2.45, 2.75) is 38.8 Å². The maximum atomic E-state index is 5.77. The Labute approximate surface area is 150 Å². The molecule has 1 fully saturated rings. The van der Waals surface area contributed by atoms with Gasteiger partial charge in [0.25, 0.3) is 0 Å². The highest BCUT2D eigenvalue weighted by Gasteiger charge is 2.23. The van der Waals surface area contributed by atoms with Crippen LogP contribution in [0, 0.1) is 0 Å². The smallest absolute Gasteiger partial charge is 0.154 e. The lowest BCUT2D eigenvalue weighted by Crippen LogP contribution is -2.34. The number of para-hydroxylation sites is 1. The second kappa shape index (κ2) is 8.92.